The third-order valence-electron chi connectivity index (χ3n) is 2.70. The number of amides is 1. The van der Waals surface area contributed by atoms with Gasteiger partial charge in [0.05, 0.1) is 26.9 Å². The predicted molar refractivity (Wildman–Crippen MR) is 73.8 cm³/mol. The zero-order valence-corrected chi connectivity index (χ0v) is 12.3. The van der Waals surface area contributed by atoms with Crippen LogP contribution in [0.3, 0.4) is 0 Å². The molecule has 0 aliphatic carbocycles. The van der Waals surface area contributed by atoms with Gasteiger partial charge in [0.1, 0.15) is 0 Å². The van der Waals surface area contributed by atoms with Crippen LogP contribution in [0.4, 0.5) is 0 Å². The Bertz CT molecular complexity index is 451. The third-order valence-corrected chi connectivity index (χ3v) is 2.87. The van der Waals surface area contributed by atoms with Crippen LogP contribution in [-0.4, -0.2) is 51.6 Å². The second-order valence-electron chi connectivity index (χ2n) is 3.80. The van der Waals surface area contributed by atoms with Crippen molar-refractivity contribution in [3.05, 3.63) is 17.7 Å². The smallest absolute Gasteiger partial charge is 0.257 e. The highest BCUT2D eigenvalue weighted by atomic mass is 35.5. The van der Waals surface area contributed by atoms with Crippen LogP contribution in [0.1, 0.15) is 10.4 Å². The summed E-state index contributed by atoms with van der Waals surface area (Å²) < 4.78 is 15.7. The summed E-state index contributed by atoms with van der Waals surface area (Å²) in [5.41, 5.74) is 0.410. The molecule has 0 saturated heterocycles. The minimum atomic E-state index is -0.182. The average molecular weight is 288 g/mol. The number of hydrogen-bond acceptors (Lipinski definition) is 4. The fourth-order valence-electron chi connectivity index (χ4n) is 1.70. The largest absolute Gasteiger partial charge is 0.493 e. The van der Waals surface area contributed by atoms with Crippen molar-refractivity contribution in [1.82, 2.24) is 4.90 Å². The van der Waals surface area contributed by atoms with Gasteiger partial charge in [-0.2, -0.15) is 0 Å². The van der Waals surface area contributed by atoms with Crippen LogP contribution >= 0.6 is 11.6 Å². The number of halogens is 1. The average Bonchev–Trinajstić information content (AvgIpc) is 2.44. The Kier molecular flexibility index (Phi) is 5.76. The molecule has 0 spiro atoms. The summed E-state index contributed by atoms with van der Waals surface area (Å²) in [5.74, 6) is 1.45. The minimum Gasteiger partial charge on any atom is -0.493 e. The fourth-order valence-corrected chi connectivity index (χ4v) is 1.96. The Morgan fingerprint density at radius 3 is 2.26 bits per heavy atom. The van der Waals surface area contributed by atoms with Gasteiger partial charge >= 0.3 is 0 Å². The first kappa shape index (κ1) is 15.4. The number of alkyl halides is 1. The standard InChI is InChI=1S/C13H18ClNO4/c1-15(8-7-14)13(16)9-5-6-10(17-2)12(19-4)11(9)18-3/h5-6H,7-8H2,1-4H3. The van der Waals surface area contributed by atoms with E-state index in [1.807, 2.05) is 0 Å². The molecule has 0 aliphatic heterocycles. The van der Waals surface area contributed by atoms with Gasteiger partial charge in [0.25, 0.3) is 5.91 Å². The van der Waals surface area contributed by atoms with E-state index in [2.05, 4.69) is 0 Å². The van der Waals surface area contributed by atoms with Gasteiger partial charge in [0, 0.05) is 19.5 Å². The van der Waals surface area contributed by atoms with Crippen molar-refractivity contribution in [2.24, 2.45) is 0 Å². The summed E-state index contributed by atoms with van der Waals surface area (Å²) in [6.07, 6.45) is 0. The Morgan fingerprint density at radius 1 is 1.16 bits per heavy atom. The van der Waals surface area contributed by atoms with Gasteiger partial charge in [0.2, 0.25) is 5.75 Å². The molecule has 1 aromatic carbocycles. The first-order valence-corrected chi connectivity index (χ1v) is 6.24. The number of carbonyl (C=O) groups is 1. The van der Waals surface area contributed by atoms with Gasteiger partial charge in [-0.25, -0.2) is 0 Å². The highest BCUT2D eigenvalue weighted by Crippen LogP contribution is 2.40. The summed E-state index contributed by atoms with van der Waals surface area (Å²) in [6, 6.07) is 3.32. The maximum absolute atomic E-state index is 12.3. The number of ether oxygens (including phenoxy) is 3. The van der Waals surface area contributed by atoms with Crippen LogP contribution in [0.15, 0.2) is 12.1 Å². The molecule has 0 fully saturated rings. The Labute approximate surface area is 118 Å². The number of hydrogen-bond donors (Lipinski definition) is 0. The lowest BCUT2D eigenvalue weighted by molar-refractivity contribution is 0.0799. The van der Waals surface area contributed by atoms with Crippen molar-refractivity contribution in [2.75, 3.05) is 40.8 Å². The molecule has 0 saturated carbocycles. The van der Waals surface area contributed by atoms with Gasteiger partial charge < -0.3 is 19.1 Å². The highest BCUT2D eigenvalue weighted by Gasteiger charge is 2.22. The number of benzene rings is 1. The Balaban J connectivity index is 3.24. The van der Waals surface area contributed by atoms with Crippen LogP contribution < -0.4 is 14.2 Å². The van der Waals surface area contributed by atoms with Crippen molar-refractivity contribution in [3.63, 3.8) is 0 Å². The molecule has 0 N–H and O–H groups in total. The van der Waals surface area contributed by atoms with Gasteiger partial charge in [-0.15, -0.1) is 11.6 Å². The highest BCUT2D eigenvalue weighted by molar-refractivity contribution is 6.18. The summed E-state index contributed by atoms with van der Waals surface area (Å²) >= 11 is 5.64. The molecule has 0 aliphatic rings. The number of nitrogens with zero attached hydrogens (tertiary/aromatic N) is 1. The van der Waals surface area contributed by atoms with E-state index in [0.29, 0.717) is 35.2 Å². The fraction of sp³-hybridized carbons (Fsp3) is 0.462. The molecule has 1 rings (SSSR count). The lowest BCUT2D eigenvalue weighted by Crippen LogP contribution is -2.29. The molecule has 0 heterocycles. The summed E-state index contributed by atoms with van der Waals surface area (Å²) in [7, 11) is 6.19. The molecule has 6 heteroatoms. The van der Waals surface area contributed by atoms with Crippen LogP contribution in [-0.2, 0) is 0 Å². The lowest BCUT2D eigenvalue weighted by Gasteiger charge is -2.19. The number of carbonyl (C=O) groups excluding carboxylic acids is 1. The van der Waals surface area contributed by atoms with Crippen molar-refractivity contribution < 1.29 is 19.0 Å². The molecule has 5 nitrogen and oxygen atoms in total. The maximum Gasteiger partial charge on any atom is 0.257 e. The van der Waals surface area contributed by atoms with E-state index in [1.54, 1.807) is 19.2 Å². The molecule has 0 aromatic heterocycles. The maximum atomic E-state index is 12.3. The summed E-state index contributed by atoms with van der Waals surface area (Å²) in [4.78, 5) is 13.8. The second kappa shape index (κ2) is 7.09. The van der Waals surface area contributed by atoms with E-state index >= 15 is 0 Å². The van der Waals surface area contributed by atoms with Crippen molar-refractivity contribution >= 4 is 17.5 Å². The van der Waals surface area contributed by atoms with Gasteiger partial charge in [-0.05, 0) is 12.1 Å². The van der Waals surface area contributed by atoms with Crippen molar-refractivity contribution in [2.45, 2.75) is 0 Å². The molecule has 1 amide bonds. The van der Waals surface area contributed by atoms with Crippen LogP contribution in [0, 0.1) is 0 Å². The molecule has 0 unspecified atom stereocenters. The van der Waals surface area contributed by atoms with E-state index in [4.69, 9.17) is 25.8 Å². The molecule has 19 heavy (non-hydrogen) atoms. The molecule has 106 valence electrons. The SMILES string of the molecule is COc1ccc(C(=O)N(C)CCCl)c(OC)c1OC. The topological polar surface area (TPSA) is 48.0 Å². The van der Waals surface area contributed by atoms with Crippen molar-refractivity contribution in [3.8, 4) is 17.2 Å². The Hall–Kier alpha value is -1.62. The van der Waals surface area contributed by atoms with E-state index < -0.39 is 0 Å². The van der Waals surface area contributed by atoms with E-state index in [-0.39, 0.29) is 5.91 Å². The quantitative estimate of drug-likeness (QED) is 0.751. The second-order valence-corrected chi connectivity index (χ2v) is 4.18. The lowest BCUT2D eigenvalue weighted by atomic mass is 10.1. The first-order chi connectivity index (χ1) is 9.10. The number of rotatable bonds is 6. The monoisotopic (exact) mass is 287 g/mol. The molecular formula is C13H18ClNO4. The summed E-state index contributed by atoms with van der Waals surface area (Å²) in [6.45, 7) is 0.456. The van der Waals surface area contributed by atoms with Gasteiger partial charge in [-0.1, -0.05) is 0 Å². The van der Waals surface area contributed by atoms with Crippen LogP contribution in [0.5, 0.6) is 17.2 Å². The van der Waals surface area contributed by atoms with E-state index in [0.717, 1.165) is 0 Å². The van der Waals surface area contributed by atoms with Crippen LogP contribution in [0.25, 0.3) is 0 Å². The van der Waals surface area contributed by atoms with Gasteiger partial charge in [-0.3, -0.25) is 4.79 Å². The van der Waals surface area contributed by atoms with Crippen LogP contribution in [0.2, 0.25) is 0 Å². The summed E-state index contributed by atoms with van der Waals surface area (Å²) in [5, 5.41) is 0. The number of methoxy groups -OCH3 is 3. The molecule has 0 atom stereocenters. The minimum absolute atomic E-state index is 0.182. The van der Waals surface area contributed by atoms with E-state index in [1.165, 1.54) is 26.2 Å². The third kappa shape index (κ3) is 3.23. The molecule has 0 radical (unpaired) electrons. The predicted octanol–water partition coefficient (Wildman–Crippen LogP) is 2.02. The van der Waals surface area contributed by atoms with E-state index in [9.17, 15) is 4.79 Å². The zero-order valence-electron chi connectivity index (χ0n) is 11.5. The van der Waals surface area contributed by atoms with Crippen molar-refractivity contribution in [1.29, 1.82) is 0 Å². The normalized spacial score (nSPS) is 9.95. The molecule has 1 aromatic rings. The van der Waals surface area contributed by atoms with Gasteiger partial charge in [0.15, 0.2) is 11.5 Å². The Morgan fingerprint density at radius 2 is 1.79 bits per heavy atom. The molecular weight excluding hydrogens is 270 g/mol. The zero-order chi connectivity index (χ0) is 14.4. The first-order valence-electron chi connectivity index (χ1n) is 5.71. The molecule has 0 bridgehead atoms.